The molecule has 2 rings (SSSR count). The zero-order valence-corrected chi connectivity index (χ0v) is 12.4. The first kappa shape index (κ1) is 15.0. The normalized spacial score (nSPS) is 11.9. The summed E-state index contributed by atoms with van der Waals surface area (Å²) in [5.41, 5.74) is 3.32. The lowest BCUT2D eigenvalue weighted by Crippen LogP contribution is -2.16. The molecule has 0 aromatic heterocycles. The Morgan fingerprint density at radius 1 is 1.19 bits per heavy atom. The van der Waals surface area contributed by atoms with Gasteiger partial charge in [0.05, 0.1) is 4.92 Å². The summed E-state index contributed by atoms with van der Waals surface area (Å²) in [4.78, 5) is 10.4. The van der Waals surface area contributed by atoms with E-state index in [1.54, 1.807) is 18.2 Å². The maximum atomic E-state index is 10.7. The van der Waals surface area contributed by atoms with Gasteiger partial charge in [0.2, 0.25) is 0 Å². The van der Waals surface area contributed by atoms with Crippen molar-refractivity contribution in [3.8, 4) is 0 Å². The highest BCUT2D eigenvalue weighted by molar-refractivity contribution is 5.55. The van der Waals surface area contributed by atoms with Gasteiger partial charge in [-0.25, -0.2) is 0 Å². The predicted molar refractivity (Wildman–Crippen MR) is 85.7 cm³/mol. The molecule has 0 saturated carbocycles. The van der Waals surface area contributed by atoms with E-state index < -0.39 is 0 Å². The van der Waals surface area contributed by atoms with E-state index in [-0.39, 0.29) is 10.6 Å². The minimum atomic E-state index is -0.365. The highest BCUT2D eigenvalue weighted by atomic mass is 16.6. The zero-order valence-electron chi connectivity index (χ0n) is 12.4. The van der Waals surface area contributed by atoms with Crippen LogP contribution < -0.4 is 5.32 Å². The number of hydrogen-bond donors (Lipinski definition) is 1. The third-order valence-corrected chi connectivity index (χ3v) is 3.53. The van der Waals surface area contributed by atoms with E-state index in [2.05, 4.69) is 24.4 Å². The molecule has 21 heavy (non-hydrogen) atoms. The summed E-state index contributed by atoms with van der Waals surface area (Å²) < 4.78 is 0. The first-order valence-corrected chi connectivity index (χ1v) is 7.12. The summed E-state index contributed by atoms with van der Waals surface area (Å²) in [5.74, 6) is 0. The van der Waals surface area contributed by atoms with Crippen LogP contribution in [0.5, 0.6) is 0 Å². The van der Waals surface area contributed by atoms with Crippen LogP contribution >= 0.6 is 0 Å². The molecule has 2 aromatic carbocycles. The molecule has 0 spiro atoms. The van der Waals surface area contributed by atoms with E-state index in [1.165, 1.54) is 5.56 Å². The van der Waals surface area contributed by atoms with Crippen LogP contribution in [0, 0.1) is 17.0 Å². The Morgan fingerprint density at radius 2 is 1.90 bits per heavy atom. The van der Waals surface area contributed by atoms with E-state index in [0.717, 1.165) is 24.1 Å². The predicted octanol–water partition coefficient (Wildman–Crippen LogP) is 4.34. The van der Waals surface area contributed by atoms with Crippen molar-refractivity contribution in [2.24, 2.45) is 0 Å². The first-order chi connectivity index (χ1) is 10.1. The molecule has 0 amide bonds. The molecule has 0 saturated heterocycles. The van der Waals surface area contributed by atoms with Crippen LogP contribution in [0.15, 0.2) is 48.5 Å². The molecule has 4 heteroatoms. The molecule has 2 aromatic rings. The number of nitro groups is 1. The lowest BCUT2D eigenvalue weighted by Gasteiger charge is -2.17. The smallest absolute Gasteiger partial charge is 0.269 e. The molecule has 0 fully saturated rings. The van der Waals surface area contributed by atoms with E-state index in [9.17, 15) is 10.1 Å². The second kappa shape index (κ2) is 6.88. The molecule has 0 bridgehead atoms. The number of hydrogen-bond acceptors (Lipinski definition) is 3. The van der Waals surface area contributed by atoms with Crippen molar-refractivity contribution >= 4 is 11.4 Å². The van der Waals surface area contributed by atoms with Crippen LogP contribution in [-0.4, -0.2) is 11.0 Å². The van der Waals surface area contributed by atoms with Crippen LogP contribution in [-0.2, 0) is 6.42 Å². The number of benzene rings is 2. The second-order valence-corrected chi connectivity index (χ2v) is 5.33. The summed E-state index contributed by atoms with van der Waals surface area (Å²) in [5, 5.41) is 14.2. The van der Waals surface area contributed by atoms with Gasteiger partial charge in [0, 0.05) is 23.9 Å². The number of nitrogens with one attached hydrogen (secondary N) is 1. The van der Waals surface area contributed by atoms with E-state index >= 15 is 0 Å². The zero-order chi connectivity index (χ0) is 15.2. The Morgan fingerprint density at radius 3 is 2.52 bits per heavy atom. The third kappa shape index (κ3) is 4.31. The second-order valence-electron chi connectivity index (χ2n) is 5.33. The van der Waals surface area contributed by atoms with Crippen molar-refractivity contribution in [3.05, 3.63) is 69.8 Å². The number of anilines is 1. The Bertz CT molecular complexity index is 611. The van der Waals surface area contributed by atoms with Crippen molar-refractivity contribution < 1.29 is 4.92 Å². The number of aryl methyl sites for hydroxylation is 2. The monoisotopic (exact) mass is 284 g/mol. The van der Waals surface area contributed by atoms with Crippen molar-refractivity contribution in [3.63, 3.8) is 0 Å². The lowest BCUT2D eigenvalue weighted by molar-refractivity contribution is -0.384. The van der Waals surface area contributed by atoms with Gasteiger partial charge in [-0.3, -0.25) is 10.1 Å². The average Bonchev–Trinajstić information content (AvgIpc) is 2.48. The van der Waals surface area contributed by atoms with Gasteiger partial charge >= 0.3 is 0 Å². The quantitative estimate of drug-likeness (QED) is 0.634. The van der Waals surface area contributed by atoms with Gasteiger partial charge in [-0.1, -0.05) is 30.3 Å². The van der Waals surface area contributed by atoms with Crippen LogP contribution in [0.4, 0.5) is 11.4 Å². The number of nitrogens with zero attached hydrogens (tertiary/aromatic N) is 1. The van der Waals surface area contributed by atoms with Crippen molar-refractivity contribution in [1.82, 2.24) is 0 Å². The Kier molecular flexibility index (Phi) is 4.93. The molecule has 0 aliphatic heterocycles. The third-order valence-electron chi connectivity index (χ3n) is 3.53. The maximum Gasteiger partial charge on any atom is 0.269 e. The summed E-state index contributed by atoms with van der Waals surface area (Å²) >= 11 is 0. The lowest BCUT2D eigenvalue weighted by atomic mass is 10.1. The van der Waals surface area contributed by atoms with Gasteiger partial charge < -0.3 is 5.32 Å². The average molecular weight is 284 g/mol. The van der Waals surface area contributed by atoms with E-state index in [0.29, 0.717) is 6.04 Å². The Hall–Kier alpha value is -2.36. The van der Waals surface area contributed by atoms with E-state index in [4.69, 9.17) is 0 Å². The largest absolute Gasteiger partial charge is 0.382 e. The van der Waals surface area contributed by atoms with Crippen molar-refractivity contribution in [1.29, 1.82) is 0 Å². The molecule has 4 nitrogen and oxygen atoms in total. The first-order valence-electron chi connectivity index (χ1n) is 7.12. The van der Waals surface area contributed by atoms with Gasteiger partial charge in [-0.15, -0.1) is 0 Å². The van der Waals surface area contributed by atoms with Crippen LogP contribution in [0.25, 0.3) is 0 Å². The van der Waals surface area contributed by atoms with Gasteiger partial charge in [-0.2, -0.15) is 0 Å². The highest BCUT2D eigenvalue weighted by Crippen LogP contribution is 2.22. The van der Waals surface area contributed by atoms with Crippen molar-refractivity contribution in [2.75, 3.05) is 5.32 Å². The molecule has 1 unspecified atom stereocenters. The molecule has 0 heterocycles. The van der Waals surface area contributed by atoms with Gasteiger partial charge in [-0.05, 0) is 43.9 Å². The fourth-order valence-corrected chi connectivity index (χ4v) is 2.29. The summed E-state index contributed by atoms with van der Waals surface area (Å²) in [6.45, 7) is 4.02. The van der Waals surface area contributed by atoms with Gasteiger partial charge in [0.25, 0.3) is 5.69 Å². The van der Waals surface area contributed by atoms with Gasteiger partial charge in [0.1, 0.15) is 0 Å². The topological polar surface area (TPSA) is 55.2 Å². The Labute approximate surface area is 125 Å². The molecule has 1 N–H and O–H groups in total. The summed E-state index contributed by atoms with van der Waals surface area (Å²) in [6.07, 6.45) is 2.03. The fourth-order valence-electron chi connectivity index (χ4n) is 2.29. The highest BCUT2D eigenvalue weighted by Gasteiger charge is 2.10. The summed E-state index contributed by atoms with van der Waals surface area (Å²) in [6, 6.07) is 15.6. The molecular formula is C17H20N2O2. The molecular weight excluding hydrogens is 264 g/mol. The van der Waals surface area contributed by atoms with Crippen LogP contribution in [0.3, 0.4) is 0 Å². The van der Waals surface area contributed by atoms with Crippen LogP contribution in [0.2, 0.25) is 0 Å². The van der Waals surface area contributed by atoms with Gasteiger partial charge in [0.15, 0.2) is 0 Å². The molecule has 1 atom stereocenters. The number of rotatable bonds is 6. The van der Waals surface area contributed by atoms with E-state index in [1.807, 2.05) is 25.1 Å². The molecule has 0 radical (unpaired) electrons. The number of nitro benzene ring substituents is 1. The standard InChI is InChI=1S/C17H20N2O2/c1-13-12-16(19(20)21)10-11-17(13)18-14(2)8-9-15-6-4-3-5-7-15/h3-7,10-12,14,18H,8-9H2,1-2H3. The SMILES string of the molecule is Cc1cc([N+](=O)[O-])ccc1NC(C)CCc1ccccc1. The van der Waals surface area contributed by atoms with Crippen molar-refractivity contribution in [2.45, 2.75) is 32.7 Å². The number of non-ortho nitro benzene ring substituents is 1. The Balaban J connectivity index is 1.93. The minimum absolute atomic E-state index is 0.134. The van der Waals surface area contributed by atoms with Crippen LogP contribution in [0.1, 0.15) is 24.5 Å². The fraction of sp³-hybridized carbons (Fsp3) is 0.294. The molecule has 110 valence electrons. The summed E-state index contributed by atoms with van der Waals surface area (Å²) in [7, 11) is 0. The minimum Gasteiger partial charge on any atom is -0.382 e. The molecule has 0 aliphatic carbocycles. The maximum absolute atomic E-state index is 10.7. The molecule has 0 aliphatic rings.